The number of hydrogen-bond acceptors (Lipinski definition) is 5. The lowest BCUT2D eigenvalue weighted by Gasteiger charge is -2.35. The summed E-state index contributed by atoms with van der Waals surface area (Å²) in [7, 11) is 0. The highest BCUT2D eigenvalue weighted by molar-refractivity contribution is 5.41. The molecule has 0 unspecified atom stereocenters. The Labute approximate surface area is 95.3 Å². The molecule has 1 aliphatic carbocycles. The maximum Gasteiger partial charge on any atom is 0.221 e. The van der Waals surface area contributed by atoms with E-state index in [1.54, 1.807) is 6.20 Å². The van der Waals surface area contributed by atoms with Crippen molar-refractivity contribution < 1.29 is 0 Å². The molecular formula is C11H17N5. The van der Waals surface area contributed by atoms with Gasteiger partial charge in [-0.1, -0.05) is 0 Å². The Balaban J connectivity index is 1.64. The van der Waals surface area contributed by atoms with E-state index in [1.165, 1.54) is 12.8 Å². The Kier molecular flexibility index (Phi) is 2.40. The smallest absolute Gasteiger partial charge is 0.221 e. The van der Waals surface area contributed by atoms with Crippen LogP contribution in [0, 0.1) is 0 Å². The summed E-state index contributed by atoms with van der Waals surface area (Å²) in [6.07, 6.45) is 4.51. The van der Waals surface area contributed by atoms with Gasteiger partial charge in [-0.3, -0.25) is 4.90 Å². The number of aromatic nitrogens is 2. The molecule has 0 bridgehead atoms. The largest absolute Gasteiger partial charge is 0.368 e. The molecule has 1 aromatic rings. The first-order chi connectivity index (χ1) is 7.83. The zero-order valence-electron chi connectivity index (χ0n) is 9.34. The maximum absolute atomic E-state index is 5.59. The number of nitrogen functional groups attached to an aromatic ring is 1. The quantitative estimate of drug-likeness (QED) is 0.777. The Morgan fingerprint density at radius 2 is 1.94 bits per heavy atom. The minimum Gasteiger partial charge on any atom is -0.368 e. The van der Waals surface area contributed by atoms with Crippen LogP contribution in [0.3, 0.4) is 0 Å². The van der Waals surface area contributed by atoms with Gasteiger partial charge in [0.1, 0.15) is 5.82 Å². The fourth-order valence-electron chi connectivity index (χ4n) is 2.30. The molecule has 2 aliphatic rings. The molecule has 0 atom stereocenters. The lowest BCUT2D eigenvalue weighted by atomic mass is 10.3. The van der Waals surface area contributed by atoms with E-state index < -0.39 is 0 Å². The molecule has 5 heteroatoms. The fourth-order valence-corrected chi connectivity index (χ4v) is 2.30. The maximum atomic E-state index is 5.59. The zero-order valence-corrected chi connectivity index (χ0v) is 9.34. The first kappa shape index (κ1) is 9.84. The van der Waals surface area contributed by atoms with Crippen molar-refractivity contribution in [1.82, 2.24) is 14.9 Å². The first-order valence-electron chi connectivity index (χ1n) is 5.90. The molecule has 5 nitrogen and oxygen atoms in total. The van der Waals surface area contributed by atoms with Crippen LogP contribution in [-0.4, -0.2) is 47.1 Å². The first-order valence-corrected chi connectivity index (χ1v) is 5.90. The Bertz CT molecular complexity index is 368. The van der Waals surface area contributed by atoms with Crippen LogP contribution >= 0.6 is 0 Å². The Morgan fingerprint density at radius 3 is 2.56 bits per heavy atom. The minimum absolute atomic E-state index is 0.363. The van der Waals surface area contributed by atoms with Crippen molar-refractivity contribution in [2.45, 2.75) is 18.9 Å². The van der Waals surface area contributed by atoms with Crippen LogP contribution in [0.5, 0.6) is 0 Å². The summed E-state index contributed by atoms with van der Waals surface area (Å²) in [5, 5.41) is 0. The van der Waals surface area contributed by atoms with Crippen LogP contribution in [0.2, 0.25) is 0 Å². The van der Waals surface area contributed by atoms with E-state index in [-0.39, 0.29) is 0 Å². The van der Waals surface area contributed by atoms with Gasteiger partial charge in [0.2, 0.25) is 5.95 Å². The summed E-state index contributed by atoms with van der Waals surface area (Å²) in [6, 6.07) is 2.81. The highest BCUT2D eigenvalue weighted by Crippen LogP contribution is 2.28. The highest BCUT2D eigenvalue weighted by atomic mass is 15.3. The summed E-state index contributed by atoms with van der Waals surface area (Å²) in [4.78, 5) is 13.0. The molecule has 0 amide bonds. The molecule has 1 saturated carbocycles. The lowest BCUT2D eigenvalue weighted by Crippen LogP contribution is -2.47. The molecule has 1 aliphatic heterocycles. The van der Waals surface area contributed by atoms with Crippen molar-refractivity contribution >= 4 is 11.8 Å². The standard InChI is InChI=1S/C11H17N5/c12-11-13-4-3-10(14-11)16-7-5-15(6-8-16)9-1-2-9/h3-4,9H,1-2,5-8H2,(H2,12,13,14). The van der Waals surface area contributed by atoms with Gasteiger partial charge in [-0.2, -0.15) is 4.98 Å². The van der Waals surface area contributed by atoms with Crippen LogP contribution in [0.1, 0.15) is 12.8 Å². The van der Waals surface area contributed by atoms with Crippen LogP contribution in [0.25, 0.3) is 0 Å². The SMILES string of the molecule is Nc1nccc(N2CCN(C3CC3)CC2)n1. The van der Waals surface area contributed by atoms with E-state index in [4.69, 9.17) is 5.73 Å². The molecule has 2 heterocycles. The second kappa shape index (κ2) is 3.90. The number of anilines is 2. The molecule has 16 heavy (non-hydrogen) atoms. The van der Waals surface area contributed by atoms with Gasteiger partial charge in [-0.15, -0.1) is 0 Å². The molecule has 2 fully saturated rings. The summed E-state index contributed by atoms with van der Waals surface area (Å²) >= 11 is 0. The fraction of sp³-hybridized carbons (Fsp3) is 0.636. The van der Waals surface area contributed by atoms with Gasteiger partial charge in [0, 0.05) is 38.4 Å². The van der Waals surface area contributed by atoms with Crippen molar-refractivity contribution in [3.8, 4) is 0 Å². The van der Waals surface area contributed by atoms with Crippen LogP contribution in [0.4, 0.5) is 11.8 Å². The molecule has 0 spiro atoms. The predicted octanol–water partition coefficient (Wildman–Crippen LogP) is 0.343. The van der Waals surface area contributed by atoms with E-state index in [0.29, 0.717) is 5.95 Å². The van der Waals surface area contributed by atoms with Crippen LogP contribution < -0.4 is 10.6 Å². The zero-order chi connectivity index (χ0) is 11.0. The van der Waals surface area contributed by atoms with E-state index >= 15 is 0 Å². The van der Waals surface area contributed by atoms with Gasteiger partial charge in [0.15, 0.2) is 0 Å². The minimum atomic E-state index is 0.363. The number of rotatable bonds is 2. The molecule has 1 saturated heterocycles. The number of nitrogens with zero attached hydrogens (tertiary/aromatic N) is 4. The molecule has 2 N–H and O–H groups in total. The second-order valence-electron chi connectivity index (χ2n) is 4.53. The van der Waals surface area contributed by atoms with Crippen LogP contribution in [-0.2, 0) is 0 Å². The van der Waals surface area contributed by atoms with Gasteiger partial charge in [-0.05, 0) is 18.9 Å². The van der Waals surface area contributed by atoms with Crippen LogP contribution in [0.15, 0.2) is 12.3 Å². The third kappa shape index (κ3) is 1.95. The number of nitrogens with two attached hydrogens (primary N) is 1. The molecule has 3 rings (SSSR count). The van der Waals surface area contributed by atoms with Crippen molar-refractivity contribution in [3.05, 3.63) is 12.3 Å². The second-order valence-corrected chi connectivity index (χ2v) is 4.53. The summed E-state index contributed by atoms with van der Waals surface area (Å²) in [6.45, 7) is 4.39. The number of piperazine rings is 1. The molecular weight excluding hydrogens is 202 g/mol. The third-order valence-corrected chi connectivity index (χ3v) is 3.36. The molecule has 1 aromatic heterocycles. The van der Waals surface area contributed by atoms with Crippen molar-refractivity contribution in [2.75, 3.05) is 36.8 Å². The highest BCUT2D eigenvalue weighted by Gasteiger charge is 2.31. The average Bonchev–Trinajstić information content (AvgIpc) is 3.13. The third-order valence-electron chi connectivity index (χ3n) is 3.36. The lowest BCUT2D eigenvalue weighted by molar-refractivity contribution is 0.247. The number of hydrogen-bond donors (Lipinski definition) is 1. The summed E-state index contributed by atoms with van der Waals surface area (Å²) in [5.41, 5.74) is 5.59. The van der Waals surface area contributed by atoms with Gasteiger partial charge in [-0.25, -0.2) is 4.98 Å². The summed E-state index contributed by atoms with van der Waals surface area (Å²) in [5.74, 6) is 1.32. The van der Waals surface area contributed by atoms with Gasteiger partial charge >= 0.3 is 0 Å². The van der Waals surface area contributed by atoms with E-state index in [2.05, 4.69) is 19.8 Å². The van der Waals surface area contributed by atoms with E-state index in [9.17, 15) is 0 Å². The molecule has 0 radical (unpaired) electrons. The van der Waals surface area contributed by atoms with Gasteiger partial charge < -0.3 is 10.6 Å². The van der Waals surface area contributed by atoms with Crippen molar-refractivity contribution in [1.29, 1.82) is 0 Å². The average molecular weight is 219 g/mol. The van der Waals surface area contributed by atoms with Crippen molar-refractivity contribution in [2.24, 2.45) is 0 Å². The normalized spacial score (nSPS) is 22.4. The van der Waals surface area contributed by atoms with Gasteiger partial charge in [0.05, 0.1) is 0 Å². The predicted molar refractivity (Wildman–Crippen MR) is 63.3 cm³/mol. The molecule has 86 valence electrons. The Morgan fingerprint density at radius 1 is 1.19 bits per heavy atom. The van der Waals surface area contributed by atoms with E-state index in [1.807, 2.05) is 6.07 Å². The van der Waals surface area contributed by atoms with E-state index in [0.717, 1.165) is 38.0 Å². The monoisotopic (exact) mass is 219 g/mol. The van der Waals surface area contributed by atoms with Crippen molar-refractivity contribution in [3.63, 3.8) is 0 Å². The van der Waals surface area contributed by atoms with Gasteiger partial charge in [0.25, 0.3) is 0 Å². The summed E-state index contributed by atoms with van der Waals surface area (Å²) < 4.78 is 0. The molecule has 0 aromatic carbocycles. The Hall–Kier alpha value is -1.36. The topological polar surface area (TPSA) is 58.3 Å².